The summed E-state index contributed by atoms with van der Waals surface area (Å²) in [7, 11) is 0. The minimum absolute atomic E-state index is 0.547. The van der Waals surface area contributed by atoms with Crippen molar-refractivity contribution in [2.24, 2.45) is 11.7 Å². The van der Waals surface area contributed by atoms with Gasteiger partial charge in [0.15, 0.2) is 0 Å². The monoisotopic (exact) mass is 252 g/mol. The molecule has 0 saturated heterocycles. The highest BCUT2D eigenvalue weighted by atomic mass is 32.2. The zero-order chi connectivity index (χ0) is 12.7. The van der Waals surface area contributed by atoms with Gasteiger partial charge < -0.3 is 11.1 Å². The lowest BCUT2D eigenvalue weighted by molar-refractivity contribution is 0.522. The Morgan fingerprint density at radius 3 is 2.35 bits per heavy atom. The predicted octanol–water partition coefficient (Wildman–Crippen LogP) is 2.87. The van der Waals surface area contributed by atoms with E-state index >= 15 is 0 Å². The van der Waals surface area contributed by atoms with Crippen LogP contribution in [0, 0.1) is 5.92 Å². The third-order valence-electron chi connectivity index (χ3n) is 2.52. The largest absolute Gasteiger partial charge is 0.330 e. The number of hydrogen-bond acceptors (Lipinski definition) is 3. The van der Waals surface area contributed by atoms with Crippen molar-refractivity contribution < 1.29 is 0 Å². The van der Waals surface area contributed by atoms with E-state index in [0.29, 0.717) is 11.2 Å². The van der Waals surface area contributed by atoms with Gasteiger partial charge in [0.05, 0.1) is 0 Å². The van der Waals surface area contributed by atoms with Crippen LogP contribution in [0.25, 0.3) is 0 Å². The number of hydrogen-bond donors (Lipinski definition) is 2. The summed E-state index contributed by atoms with van der Waals surface area (Å²) < 4.78 is 0. The van der Waals surface area contributed by atoms with E-state index in [4.69, 9.17) is 5.73 Å². The molecule has 0 heterocycles. The topological polar surface area (TPSA) is 38.0 Å². The summed E-state index contributed by atoms with van der Waals surface area (Å²) in [6.45, 7) is 9.25. The maximum absolute atomic E-state index is 5.57. The van der Waals surface area contributed by atoms with Crippen LogP contribution >= 0.6 is 11.8 Å². The van der Waals surface area contributed by atoms with E-state index in [2.05, 4.69) is 50.4 Å². The van der Waals surface area contributed by atoms with E-state index in [1.54, 1.807) is 0 Å². The van der Waals surface area contributed by atoms with Crippen LogP contribution in [0.5, 0.6) is 0 Å². The second-order valence-electron chi connectivity index (χ2n) is 4.78. The first-order valence-corrected chi connectivity index (χ1v) is 7.16. The minimum Gasteiger partial charge on any atom is -0.330 e. The molecule has 0 aromatic heterocycles. The smallest absolute Gasteiger partial charge is 0.0205 e. The predicted molar refractivity (Wildman–Crippen MR) is 77.4 cm³/mol. The first kappa shape index (κ1) is 14.6. The molecule has 96 valence electrons. The number of nitrogens with two attached hydrogens (primary N) is 1. The molecule has 0 fully saturated rings. The molecule has 1 unspecified atom stereocenters. The van der Waals surface area contributed by atoms with Crippen molar-refractivity contribution in [3.05, 3.63) is 29.8 Å². The van der Waals surface area contributed by atoms with Crippen LogP contribution < -0.4 is 11.1 Å². The normalized spacial score (nSPS) is 13.0. The molecule has 0 radical (unpaired) electrons. The van der Waals surface area contributed by atoms with E-state index in [0.717, 1.165) is 19.6 Å². The van der Waals surface area contributed by atoms with Crippen molar-refractivity contribution in [3.8, 4) is 0 Å². The zero-order valence-corrected chi connectivity index (χ0v) is 11.9. The highest BCUT2D eigenvalue weighted by Crippen LogP contribution is 2.22. The standard InChI is InChI=1S/C14H24N2S/c1-11(2)17-14-6-4-13(5-7-14)10-16-9-12(3)8-15/h4-7,11-12,16H,8-10,15H2,1-3H3. The van der Waals surface area contributed by atoms with Gasteiger partial charge in [-0.2, -0.15) is 0 Å². The molecular formula is C14H24N2S. The molecule has 17 heavy (non-hydrogen) atoms. The Morgan fingerprint density at radius 2 is 1.82 bits per heavy atom. The summed E-state index contributed by atoms with van der Waals surface area (Å²) in [5.74, 6) is 0.547. The lowest BCUT2D eigenvalue weighted by atomic mass is 10.1. The zero-order valence-electron chi connectivity index (χ0n) is 11.1. The summed E-state index contributed by atoms with van der Waals surface area (Å²) in [5.41, 5.74) is 6.91. The third-order valence-corrected chi connectivity index (χ3v) is 3.54. The molecule has 0 spiro atoms. The SMILES string of the molecule is CC(CN)CNCc1ccc(SC(C)C)cc1. The van der Waals surface area contributed by atoms with Gasteiger partial charge >= 0.3 is 0 Å². The Hall–Kier alpha value is -0.510. The fraction of sp³-hybridized carbons (Fsp3) is 0.571. The van der Waals surface area contributed by atoms with Crippen molar-refractivity contribution in [2.45, 2.75) is 37.5 Å². The molecule has 0 aliphatic heterocycles. The average Bonchev–Trinajstić information content (AvgIpc) is 2.30. The molecule has 1 rings (SSSR count). The van der Waals surface area contributed by atoms with Crippen LogP contribution in [0.4, 0.5) is 0 Å². The Labute approximate surface area is 109 Å². The van der Waals surface area contributed by atoms with Crippen molar-refractivity contribution in [1.29, 1.82) is 0 Å². The highest BCUT2D eigenvalue weighted by Gasteiger charge is 2.00. The Kier molecular flexibility index (Phi) is 6.63. The van der Waals surface area contributed by atoms with Crippen molar-refractivity contribution in [3.63, 3.8) is 0 Å². The number of rotatable bonds is 7. The Bertz CT molecular complexity index is 309. The van der Waals surface area contributed by atoms with Crippen LogP contribution in [0.1, 0.15) is 26.3 Å². The second-order valence-corrected chi connectivity index (χ2v) is 6.43. The van der Waals surface area contributed by atoms with Gasteiger partial charge in [-0.1, -0.05) is 32.9 Å². The molecule has 2 nitrogen and oxygen atoms in total. The molecule has 1 aromatic rings. The van der Waals surface area contributed by atoms with E-state index < -0.39 is 0 Å². The van der Waals surface area contributed by atoms with Gasteiger partial charge in [-0.3, -0.25) is 0 Å². The van der Waals surface area contributed by atoms with E-state index in [9.17, 15) is 0 Å². The van der Waals surface area contributed by atoms with Crippen molar-refractivity contribution >= 4 is 11.8 Å². The van der Waals surface area contributed by atoms with Gasteiger partial charge in [-0.25, -0.2) is 0 Å². The van der Waals surface area contributed by atoms with Gasteiger partial charge in [-0.05, 0) is 36.7 Å². The average molecular weight is 252 g/mol. The molecule has 3 heteroatoms. The molecule has 1 aromatic carbocycles. The first-order valence-electron chi connectivity index (χ1n) is 6.28. The minimum atomic E-state index is 0.547. The summed E-state index contributed by atoms with van der Waals surface area (Å²) >= 11 is 1.90. The van der Waals surface area contributed by atoms with Crippen LogP contribution in [0.2, 0.25) is 0 Å². The van der Waals surface area contributed by atoms with Crippen LogP contribution in [-0.4, -0.2) is 18.3 Å². The van der Waals surface area contributed by atoms with Gasteiger partial charge in [0.2, 0.25) is 0 Å². The van der Waals surface area contributed by atoms with Crippen LogP contribution in [0.15, 0.2) is 29.2 Å². The maximum Gasteiger partial charge on any atom is 0.0205 e. The lowest BCUT2D eigenvalue weighted by Crippen LogP contribution is -2.25. The Morgan fingerprint density at radius 1 is 1.18 bits per heavy atom. The summed E-state index contributed by atoms with van der Waals surface area (Å²) in [4.78, 5) is 1.35. The summed E-state index contributed by atoms with van der Waals surface area (Å²) in [6, 6.07) is 8.80. The van der Waals surface area contributed by atoms with Crippen molar-refractivity contribution in [1.82, 2.24) is 5.32 Å². The fourth-order valence-electron chi connectivity index (χ4n) is 1.50. The molecule has 0 aliphatic carbocycles. The van der Waals surface area contributed by atoms with Crippen molar-refractivity contribution in [2.75, 3.05) is 13.1 Å². The number of benzene rings is 1. The van der Waals surface area contributed by atoms with Gasteiger partial charge in [0, 0.05) is 16.7 Å². The number of thioether (sulfide) groups is 1. The fourth-order valence-corrected chi connectivity index (χ4v) is 2.34. The molecule has 0 amide bonds. The molecule has 0 saturated carbocycles. The maximum atomic E-state index is 5.57. The second kappa shape index (κ2) is 7.75. The van der Waals surface area contributed by atoms with Gasteiger partial charge in [0.1, 0.15) is 0 Å². The Balaban J connectivity index is 2.35. The van der Waals surface area contributed by atoms with Gasteiger partial charge in [0.25, 0.3) is 0 Å². The van der Waals surface area contributed by atoms with E-state index in [-0.39, 0.29) is 0 Å². The molecule has 0 bridgehead atoms. The molecule has 0 aliphatic rings. The van der Waals surface area contributed by atoms with Gasteiger partial charge in [-0.15, -0.1) is 11.8 Å². The van der Waals surface area contributed by atoms with E-state index in [1.165, 1.54) is 10.5 Å². The van der Waals surface area contributed by atoms with Crippen LogP contribution in [0.3, 0.4) is 0 Å². The molecule has 3 N–H and O–H groups in total. The summed E-state index contributed by atoms with van der Waals surface area (Å²) in [5, 5.41) is 4.07. The third kappa shape index (κ3) is 6.10. The highest BCUT2D eigenvalue weighted by molar-refractivity contribution is 7.99. The molecule has 1 atom stereocenters. The van der Waals surface area contributed by atoms with E-state index in [1.807, 2.05) is 11.8 Å². The lowest BCUT2D eigenvalue weighted by Gasteiger charge is -2.10. The van der Waals surface area contributed by atoms with Crippen LogP contribution in [-0.2, 0) is 6.54 Å². The molecular weight excluding hydrogens is 228 g/mol. The quantitative estimate of drug-likeness (QED) is 0.733. The summed E-state index contributed by atoms with van der Waals surface area (Å²) in [6.07, 6.45) is 0. The number of nitrogens with one attached hydrogen (secondary N) is 1. The first-order chi connectivity index (χ1) is 8.11.